The number of halogens is 1. The molecule has 0 aliphatic rings. The van der Waals surface area contributed by atoms with Crippen molar-refractivity contribution in [2.45, 2.75) is 13.5 Å². The lowest BCUT2D eigenvalue weighted by molar-refractivity contribution is 0.0949. The van der Waals surface area contributed by atoms with Crippen LogP contribution in [0.1, 0.15) is 21.7 Å². The van der Waals surface area contributed by atoms with Crippen molar-refractivity contribution in [1.29, 1.82) is 0 Å². The molecule has 1 N–H and O–H groups in total. The van der Waals surface area contributed by atoms with E-state index >= 15 is 0 Å². The zero-order chi connectivity index (χ0) is 12.3. The number of nitrogens with one attached hydrogen (secondary N) is 1. The van der Waals surface area contributed by atoms with Gasteiger partial charge in [-0.2, -0.15) is 0 Å². The Morgan fingerprint density at radius 3 is 2.71 bits per heavy atom. The maximum absolute atomic E-state index is 11.7. The molecule has 5 heteroatoms. The first-order valence-electron chi connectivity index (χ1n) is 5.11. The third-order valence-corrected chi connectivity index (χ3v) is 2.89. The van der Waals surface area contributed by atoms with Crippen LogP contribution in [-0.4, -0.2) is 11.1 Å². The quantitative estimate of drug-likeness (QED) is 0.947. The molecule has 0 radical (unpaired) electrons. The van der Waals surface area contributed by atoms with Gasteiger partial charge in [0.05, 0.1) is 6.20 Å². The van der Waals surface area contributed by atoms with Crippen LogP contribution in [-0.2, 0) is 6.54 Å². The van der Waals surface area contributed by atoms with Gasteiger partial charge in [0.15, 0.2) is 0 Å². The Morgan fingerprint density at radius 1 is 1.41 bits per heavy atom. The summed E-state index contributed by atoms with van der Waals surface area (Å²) in [7, 11) is 0. The summed E-state index contributed by atoms with van der Waals surface area (Å²) in [5.41, 5.74) is 1.51. The Balaban J connectivity index is 1.97. The van der Waals surface area contributed by atoms with Gasteiger partial charge in [-0.05, 0) is 24.6 Å². The second-order valence-electron chi connectivity index (χ2n) is 3.60. The van der Waals surface area contributed by atoms with Crippen molar-refractivity contribution < 1.29 is 9.32 Å². The zero-order valence-electron chi connectivity index (χ0n) is 9.24. The van der Waals surface area contributed by atoms with Gasteiger partial charge in [-0.3, -0.25) is 4.79 Å². The van der Waals surface area contributed by atoms with E-state index in [0.29, 0.717) is 17.9 Å². The van der Waals surface area contributed by atoms with Crippen molar-refractivity contribution in [2.24, 2.45) is 0 Å². The molecular weight excluding hydrogens is 284 g/mol. The number of carbonyl (C=O) groups excluding carboxylic acids is 1. The first-order valence-corrected chi connectivity index (χ1v) is 5.90. The molecule has 4 nitrogen and oxygen atoms in total. The number of rotatable bonds is 3. The predicted molar refractivity (Wildman–Crippen MR) is 66.6 cm³/mol. The first-order chi connectivity index (χ1) is 8.16. The average Bonchev–Trinajstić information content (AvgIpc) is 2.74. The lowest BCUT2D eigenvalue weighted by Gasteiger charge is -2.04. The molecule has 0 unspecified atom stereocenters. The molecule has 0 bridgehead atoms. The molecule has 0 spiro atoms. The summed E-state index contributed by atoms with van der Waals surface area (Å²) >= 11 is 3.36. The normalized spacial score (nSPS) is 10.2. The van der Waals surface area contributed by atoms with Gasteiger partial charge in [0.2, 0.25) is 0 Å². The minimum atomic E-state index is -0.174. The Bertz CT molecular complexity index is 520. The van der Waals surface area contributed by atoms with E-state index in [0.717, 1.165) is 10.0 Å². The highest BCUT2D eigenvalue weighted by atomic mass is 79.9. The average molecular weight is 295 g/mol. The minimum absolute atomic E-state index is 0.174. The van der Waals surface area contributed by atoms with Crippen molar-refractivity contribution in [1.82, 2.24) is 10.5 Å². The maximum atomic E-state index is 11.7. The number of amides is 1. The molecule has 1 amide bonds. The highest BCUT2D eigenvalue weighted by molar-refractivity contribution is 9.10. The number of hydrogen-bond donors (Lipinski definition) is 1. The maximum Gasteiger partial charge on any atom is 0.256 e. The summed E-state index contributed by atoms with van der Waals surface area (Å²) in [4.78, 5) is 11.7. The van der Waals surface area contributed by atoms with E-state index in [2.05, 4.69) is 26.4 Å². The number of aryl methyl sites for hydroxylation is 1. The van der Waals surface area contributed by atoms with E-state index in [1.807, 2.05) is 24.3 Å². The Morgan fingerprint density at radius 2 is 2.12 bits per heavy atom. The molecule has 0 atom stereocenters. The first kappa shape index (κ1) is 11.9. The van der Waals surface area contributed by atoms with Gasteiger partial charge in [-0.15, -0.1) is 0 Å². The van der Waals surface area contributed by atoms with E-state index in [1.165, 1.54) is 6.20 Å². The van der Waals surface area contributed by atoms with Gasteiger partial charge in [0, 0.05) is 11.0 Å². The molecule has 0 saturated carbocycles. The molecular formula is C12H11BrN2O2. The van der Waals surface area contributed by atoms with Crippen LogP contribution in [0, 0.1) is 6.92 Å². The van der Waals surface area contributed by atoms with Gasteiger partial charge in [0.25, 0.3) is 5.91 Å². The number of hydrogen-bond acceptors (Lipinski definition) is 3. The fourth-order valence-corrected chi connectivity index (χ4v) is 1.66. The Kier molecular flexibility index (Phi) is 3.58. The van der Waals surface area contributed by atoms with Gasteiger partial charge in [0.1, 0.15) is 11.3 Å². The molecule has 1 aromatic carbocycles. The summed E-state index contributed by atoms with van der Waals surface area (Å²) in [5, 5.41) is 6.37. The Hall–Kier alpha value is -1.62. The number of benzene rings is 1. The van der Waals surface area contributed by atoms with E-state index in [9.17, 15) is 4.79 Å². The minimum Gasteiger partial charge on any atom is -0.361 e. The second-order valence-corrected chi connectivity index (χ2v) is 4.52. The number of carbonyl (C=O) groups is 1. The highest BCUT2D eigenvalue weighted by Crippen LogP contribution is 2.11. The van der Waals surface area contributed by atoms with Crippen LogP contribution in [0.2, 0.25) is 0 Å². The van der Waals surface area contributed by atoms with Crippen LogP contribution in [0.4, 0.5) is 0 Å². The monoisotopic (exact) mass is 294 g/mol. The third kappa shape index (κ3) is 2.94. The summed E-state index contributed by atoms with van der Waals surface area (Å²) < 4.78 is 5.85. The van der Waals surface area contributed by atoms with Crippen molar-refractivity contribution in [3.05, 3.63) is 51.8 Å². The van der Waals surface area contributed by atoms with Gasteiger partial charge < -0.3 is 9.84 Å². The molecule has 1 heterocycles. The molecule has 88 valence electrons. The topological polar surface area (TPSA) is 55.1 Å². The smallest absolute Gasteiger partial charge is 0.256 e. The number of nitrogens with zero attached hydrogens (tertiary/aromatic N) is 1. The summed E-state index contributed by atoms with van der Waals surface area (Å²) in [6.07, 6.45) is 1.42. The third-order valence-electron chi connectivity index (χ3n) is 2.36. The lowest BCUT2D eigenvalue weighted by atomic mass is 10.2. The van der Waals surface area contributed by atoms with E-state index in [1.54, 1.807) is 6.92 Å². The fraction of sp³-hybridized carbons (Fsp3) is 0.167. The molecule has 17 heavy (non-hydrogen) atoms. The zero-order valence-corrected chi connectivity index (χ0v) is 10.8. The van der Waals surface area contributed by atoms with E-state index in [4.69, 9.17) is 4.52 Å². The fourth-order valence-electron chi connectivity index (χ4n) is 1.40. The van der Waals surface area contributed by atoms with Crippen LogP contribution < -0.4 is 5.32 Å². The SMILES string of the molecule is Cc1oncc1C(=O)NCc1ccc(Br)cc1. The second kappa shape index (κ2) is 5.14. The van der Waals surface area contributed by atoms with Crippen molar-refractivity contribution in [2.75, 3.05) is 0 Å². The van der Waals surface area contributed by atoms with Gasteiger partial charge >= 0.3 is 0 Å². The summed E-state index contributed by atoms with van der Waals surface area (Å²) in [5.74, 6) is 0.352. The molecule has 2 rings (SSSR count). The molecule has 0 aliphatic carbocycles. The predicted octanol–water partition coefficient (Wildman–Crippen LogP) is 2.68. The van der Waals surface area contributed by atoms with Crippen LogP contribution in [0.3, 0.4) is 0 Å². The number of aromatic nitrogens is 1. The standard InChI is InChI=1S/C12H11BrN2O2/c1-8-11(7-15-17-8)12(16)14-6-9-2-4-10(13)5-3-9/h2-5,7H,6H2,1H3,(H,14,16). The van der Waals surface area contributed by atoms with Crippen LogP contribution in [0.15, 0.2) is 39.5 Å². The van der Waals surface area contributed by atoms with Gasteiger partial charge in [-0.25, -0.2) is 0 Å². The molecule has 0 saturated heterocycles. The van der Waals surface area contributed by atoms with Crippen LogP contribution in [0.5, 0.6) is 0 Å². The van der Waals surface area contributed by atoms with Crippen molar-refractivity contribution in [3.63, 3.8) is 0 Å². The molecule has 0 fully saturated rings. The molecule has 2 aromatic rings. The van der Waals surface area contributed by atoms with Gasteiger partial charge in [-0.1, -0.05) is 33.2 Å². The summed E-state index contributed by atoms with van der Waals surface area (Å²) in [6.45, 7) is 2.19. The van der Waals surface area contributed by atoms with Crippen LogP contribution in [0.25, 0.3) is 0 Å². The lowest BCUT2D eigenvalue weighted by Crippen LogP contribution is -2.22. The van der Waals surface area contributed by atoms with E-state index in [-0.39, 0.29) is 5.91 Å². The summed E-state index contributed by atoms with van der Waals surface area (Å²) in [6, 6.07) is 7.77. The van der Waals surface area contributed by atoms with Crippen molar-refractivity contribution in [3.8, 4) is 0 Å². The molecule has 0 aliphatic heterocycles. The van der Waals surface area contributed by atoms with E-state index < -0.39 is 0 Å². The highest BCUT2D eigenvalue weighted by Gasteiger charge is 2.11. The molecule has 1 aromatic heterocycles. The van der Waals surface area contributed by atoms with Crippen LogP contribution >= 0.6 is 15.9 Å². The van der Waals surface area contributed by atoms with Crippen molar-refractivity contribution >= 4 is 21.8 Å². The Labute approximate surface area is 107 Å². The largest absolute Gasteiger partial charge is 0.361 e.